The molecule has 0 fully saturated rings. The summed E-state index contributed by atoms with van der Waals surface area (Å²) in [6, 6.07) is 17.4. The first kappa shape index (κ1) is 18.7. The Morgan fingerprint density at radius 3 is 2.50 bits per heavy atom. The number of rotatable bonds is 6. The summed E-state index contributed by atoms with van der Waals surface area (Å²) in [5, 5.41) is 14.8. The van der Waals surface area contributed by atoms with E-state index >= 15 is 0 Å². The molecule has 0 aliphatic rings. The Balaban J connectivity index is 1.78. The summed E-state index contributed by atoms with van der Waals surface area (Å²) in [4.78, 5) is 16.9. The van der Waals surface area contributed by atoms with E-state index in [-0.39, 0.29) is 5.91 Å². The topological polar surface area (TPSA) is 96.3 Å². The Kier molecular flexibility index (Phi) is 5.72. The number of nitriles is 1. The summed E-state index contributed by atoms with van der Waals surface area (Å²) in [6.45, 7) is 0. The van der Waals surface area contributed by atoms with Crippen molar-refractivity contribution in [1.29, 1.82) is 5.26 Å². The van der Waals surface area contributed by atoms with Crippen LogP contribution < -0.4 is 20.1 Å². The lowest BCUT2D eigenvalue weighted by molar-refractivity contribution is 0.102. The van der Waals surface area contributed by atoms with Crippen LogP contribution in [0.5, 0.6) is 11.5 Å². The zero-order chi connectivity index (χ0) is 19.9. The molecule has 1 amide bonds. The fourth-order valence-electron chi connectivity index (χ4n) is 2.52. The summed E-state index contributed by atoms with van der Waals surface area (Å²) in [5.74, 6) is 1.33. The largest absolute Gasteiger partial charge is 0.497 e. The molecule has 28 heavy (non-hydrogen) atoms. The number of hydrogen-bond donors (Lipinski definition) is 2. The predicted octanol–water partition coefficient (Wildman–Crippen LogP) is 3.97. The molecular formula is C21H18N4O3. The van der Waals surface area contributed by atoms with Gasteiger partial charge in [-0.15, -0.1) is 0 Å². The number of benzene rings is 2. The van der Waals surface area contributed by atoms with Crippen molar-refractivity contribution in [2.75, 3.05) is 24.9 Å². The van der Waals surface area contributed by atoms with Crippen molar-refractivity contribution in [3.05, 3.63) is 71.9 Å². The van der Waals surface area contributed by atoms with E-state index in [2.05, 4.69) is 21.7 Å². The number of anilines is 3. The van der Waals surface area contributed by atoms with Crippen LogP contribution in [0.1, 0.15) is 15.9 Å². The van der Waals surface area contributed by atoms with E-state index in [0.29, 0.717) is 34.1 Å². The first-order chi connectivity index (χ1) is 13.6. The van der Waals surface area contributed by atoms with E-state index in [9.17, 15) is 4.79 Å². The molecule has 7 heteroatoms. The minimum Gasteiger partial charge on any atom is -0.497 e. The maximum absolute atomic E-state index is 12.7. The standard InChI is InChI=1S/C21H18N4O3/c1-27-17-7-8-19(28-2)18(12-17)25-21(26)15-9-10-23-20(11-15)24-16-5-3-14(13-22)4-6-16/h3-12H,1-2H3,(H,23,24)(H,25,26). The maximum atomic E-state index is 12.7. The van der Waals surface area contributed by atoms with Crippen molar-refractivity contribution in [2.24, 2.45) is 0 Å². The van der Waals surface area contributed by atoms with E-state index in [1.54, 1.807) is 67.9 Å². The monoisotopic (exact) mass is 374 g/mol. The fraction of sp³-hybridized carbons (Fsp3) is 0.0952. The highest BCUT2D eigenvalue weighted by Gasteiger charge is 2.12. The Labute approximate surface area is 162 Å². The molecule has 2 aromatic carbocycles. The molecule has 0 spiro atoms. The van der Waals surface area contributed by atoms with E-state index in [4.69, 9.17) is 14.7 Å². The van der Waals surface area contributed by atoms with E-state index in [1.165, 1.54) is 7.11 Å². The van der Waals surface area contributed by atoms with Gasteiger partial charge in [-0.3, -0.25) is 4.79 Å². The van der Waals surface area contributed by atoms with Crippen molar-refractivity contribution in [3.8, 4) is 17.6 Å². The van der Waals surface area contributed by atoms with Gasteiger partial charge in [0.2, 0.25) is 0 Å². The van der Waals surface area contributed by atoms with Gasteiger partial charge in [0.05, 0.1) is 31.5 Å². The van der Waals surface area contributed by atoms with Crippen LogP contribution in [0.4, 0.5) is 17.2 Å². The molecule has 3 aromatic rings. The van der Waals surface area contributed by atoms with Gasteiger partial charge in [-0.25, -0.2) is 4.98 Å². The van der Waals surface area contributed by atoms with Gasteiger partial charge in [-0.05, 0) is 48.5 Å². The Morgan fingerprint density at radius 2 is 1.82 bits per heavy atom. The van der Waals surface area contributed by atoms with Crippen molar-refractivity contribution in [3.63, 3.8) is 0 Å². The van der Waals surface area contributed by atoms with Crippen LogP contribution in [-0.2, 0) is 0 Å². The second-order valence-corrected chi connectivity index (χ2v) is 5.76. The highest BCUT2D eigenvalue weighted by Crippen LogP contribution is 2.29. The number of nitrogens with one attached hydrogen (secondary N) is 2. The van der Waals surface area contributed by atoms with Crippen molar-refractivity contribution in [2.45, 2.75) is 0 Å². The summed E-state index contributed by atoms with van der Waals surface area (Å²) < 4.78 is 10.5. The lowest BCUT2D eigenvalue weighted by Crippen LogP contribution is -2.13. The van der Waals surface area contributed by atoms with E-state index < -0.39 is 0 Å². The van der Waals surface area contributed by atoms with Gasteiger partial charge >= 0.3 is 0 Å². The molecule has 1 heterocycles. The molecule has 0 aliphatic carbocycles. The molecular weight excluding hydrogens is 356 g/mol. The Bertz CT molecular complexity index is 1030. The number of hydrogen-bond acceptors (Lipinski definition) is 6. The predicted molar refractivity (Wildman–Crippen MR) is 106 cm³/mol. The summed E-state index contributed by atoms with van der Waals surface area (Å²) in [6.07, 6.45) is 1.55. The molecule has 2 N–H and O–H groups in total. The third-order valence-electron chi connectivity index (χ3n) is 3.96. The quantitative estimate of drug-likeness (QED) is 0.678. The molecule has 0 aliphatic heterocycles. The highest BCUT2D eigenvalue weighted by atomic mass is 16.5. The Hall–Kier alpha value is -4.05. The molecule has 140 valence electrons. The van der Waals surface area contributed by atoms with Crippen molar-refractivity contribution >= 4 is 23.1 Å². The fourth-order valence-corrected chi connectivity index (χ4v) is 2.52. The van der Waals surface area contributed by atoms with Gasteiger partial charge in [-0.1, -0.05) is 0 Å². The normalized spacial score (nSPS) is 9.89. The second-order valence-electron chi connectivity index (χ2n) is 5.76. The number of pyridine rings is 1. The minimum atomic E-state index is -0.308. The third-order valence-corrected chi connectivity index (χ3v) is 3.96. The van der Waals surface area contributed by atoms with Crippen LogP contribution in [0.3, 0.4) is 0 Å². The van der Waals surface area contributed by atoms with Gasteiger partial charge < -0.3 is 20.1 Å². The van der Waals surface area contributed by atoms with Crippen LogP contribution in [0.25, 0.3) is 0 Å². The van der Waals surface area contributed by atoms with Gasteiger partial charge in [0.15, 0.2) is 0 Å². The summed E-state index contributed by atoms with van der Waals surface area (Å²) in [5.41, 5.74) is 2.26. The van der Waals surface area contributed by atoms with E-state index in [0.717, 1.165) is 5.69 Å². The molecule has 0 radical (unpaired) electrons. The van der Waals surface area contributed by atoms with Crippen LogP contribution in [0, 0.1) is 11.3 Å². The van der Waals surface area contributed by atoms with Crippen molar-refractivity contribution < 1.29 is 14.3 Å². The van der Waals surface area contributed by atoms with E-state index in [1.807, 2.05) is 0 Å². The van der Waals surface area contributed by atoms with Gasteiger partial charge in [0, 0.05) is 23.5 Å². The maximum Gasteiger partial charge on any atom is 0.255 e. The molecule has 0 bridgehead atoms. The third kappa shape index (κ3) is 4.37. The summed E-state index contributed by atoms with van der Waals surface area (Å²) in [7, 11) is 3.08. The number of nitrogens with zero attached hydrogens (tertiary/aromatic N) is 2. The SMILES string of the molecule is COc1ccc(OC)c(NC(=O)c2ccnc(Nc3ccc(C#N)cc3)c2)c1. The van der Waals surface area contributed by atoms with Crippen LogP contribution >= 0.6 is 0 Å². The molecule has 7 nitrogen and oxygen atoms in total. The molecule has 3 rings (SSSR count). The zero-order valence-corrected chi connectivity index (χ0v) is 15.4. The van der Waals surface area contributed by atoms with Gasteiger partial charge in [0.1, 0.15) is 17.3 Å². The highest BCUT2D eigenvalue weighted by molar-refractivity contribution is 6.05. The molecule has 1 aromatic heterocycles. The minimum absolute atomic E-state index is 0.308. The average Bonchev–Trinajstić information content (AvgIpc) is 2.74. The lowest BCUT2D eigenvalue weighted by Gasteiger charge is -2.12. The Morgan fingerprint density at radius 1 is 1.04 bits per heavy atom. The smallest absolute Gasteiger partial charge is 0.255 e. The van der Waals surface area contributed by atoms with Gasteiger partial charge in [-0.2, -0.15) is 5.26 Å². The van der Waals surface area contributed by atoms with Crippen LogP contribution in [0.2, 0.25) is 0 Å². The lowest BCUT2D eigenvalue weighted by atomic mass is 10.2. The number of carbonyl (C=O) groups excluding carboxylic acids is 1. The van der Waals surface area contributed by atoms with Gasteiger partial charge in [0.25, 0.3) is 5.91 Å². The summed E-state index contributed by atoms with van der Waals surface area (Å²) >= 11 is 0. The molecule has 0 saturated heterocycles. The molecule has 0 atom stereocenters. The first-order valence-electron chi connectivity index (χ1n) is 8.39. The van der Waals surface area contributed by atoms with Crippen molar-refractivity contribution in [1.82, 2.24) is 4.98 Å². The number of carbonyl (C=O) groups is 1. The molecule has 0 saturated carbocycles. The second kappa shape index (κ2) is 8.56. The number of amides is 1. The first-order valence-corrected chi connectivity index (χ1v) is 8.39. The number of ether oxygens (including phenoxy) is 2. The zero-order valence-electron chi connectivity index (χ0n) is 15.4. The van der Waals surface area contributed by atoms with Crippen LogP contribution in [-0.4, -0.2) is 25.1 Å². The number of methoxy groups -OCH3 is 2. The average molecular weight is 374 g/mol. The number of aromatic nitrogens is 1. The molecule has 0 unspecified atom stereocenters. The van der Waals surface area contributed by atoms with Crippen LogP contribution in [0.15, 0.2) is 60.8 Å².